The lowest BCUT2D eigenvalue weighted by molar-refractivity contribution is -0.384. The molecule has 19 heavy (non-hydrogen) atoms. The molecule has 1 unspecified atom stereocenters. The van der Waals surface area contributed by atoms with E-state index in [1.54, 1.807) is 0 Å². The molecule has 0 saturated carbocycles. The molecule has 2 amide bonds. The lowest BCUT2D eigenvalue weighted by atomic mass is 10.1. The topological polar surface area (TPSA) is 127 Å². The number of aromatic hydroxyl groups is 1. The number of nitro groups is 1. The van der Waals surface area contributed by atoms with Crippen LogP contribution < -0.4 is 10.6 Å². The van der Waals surface area contributed by atoms with Crippen LogP contribution >= 0.6 is 0 Å². The van der Waals surface area contributed by atoms with Crippen molar-refractivity contribution in [2.75, 3.05) is 11.4 Å². The van der Waals surface area contributed by atoms with E-state index in [9.17, 15) is 24.8 Å². The van der Waals surface area contributed by atoms with Crippen molar-refractivity contribution in [3.63, 3.8) is 0 Å². The van der Waals surface area contributed by atoms with Crippen LogP contribution in [0.1, 0.15) is 6.42 Å². The van der Waals surface area contributed by atoms with Crippen molar-refractivity contribution in [3.05, 3.63) is 28.3 Å². The Bertz CT molecular complexity index is 571. The number of carbonyl (C=O) groups is 2. The van der Waals surface area contributed by atoms with Gasteiger partial charge in [0.05, 0.1) is 22.6 Å². The number of rotatable bonds is 3. The zero-order chi connectivity index (χ0) is 14.2. The Morgan fingerprint density at radius 3 is 2.68 bits per heavy atom. The number of anilines is 1. The number of carbonyl (C=O) groups excluding carboxylic acids is 2. The predicted molar refractivity (Wildman–Crippen MR) is 64.4 cm³/mol. The van der Waals surface area contributed by atoms with Crippen LogP contribution in [0.2, 0.25) is 0 Å². The van der Waals surface area contributed by atoms with Gasteiger partial charge in [0.25, 0.3) is 5.69 Å². The Morgan fingerprint density at radius 1 is 1.53 bits per heavy atom. The number of nitrogens with two attached hydrogens (primary N) is 1. The van der Waals surface area contributed by atoms with Crippen molar-refractivity contribution in [2.24, 2.45) is 11.7 Å². The van der Waals surface area contributed by atoms with Gasteiger partial charge in [0.15, 0.2) is 0 Å². The van der Waals surface area contributed by atoms with Gasteiger partial charge in [-0.15, -0.1) is 0 Å². The molecule has 8 heteroatoms. The lowest BCUT2D eigenvalue weighted by Gasteiger charge is -2.17. The van der Waals surface area contributed by atoms with E-state index >= 15 is 0 Å². The Labute approximate surface area is 107 Å². The molecule has 0 aliphatic carbocycles. The molecule has 1 aliphatic rings. The molecule has 1 saturated heterocycles. The van der Waals surface area contributed by atoms with E-state index in [0.717, 1.165) is 6.07 Å². The van der Waals surface area contributed by atoms with Gasteiger partial charge in [0.1, 0.15) is 5.75 Å². The van der Waals surface area contributed by atoms with E-state index in [1.165, 1.54) is 17.0 Å². The monoisotopic (exact) mass is 265 g/mol. The molecular formula is C11H11N3O5. The Hall–Kier alpha value is -2.64. The quantitative estimate of drug-likeness (QED) is 0.593. The third kappa shape index (κ3) is 2.32. The minimum absolute atomic E-state index is 0.0221. The Morgan fingerprint density at radius 2 is 2.21 bits per heavy atom. The van der Waals surface area contributed by atoms with Crippen molar-refractivity contribution in [1.82, 2.24) is 0 Å². The van der Waals surface area contributed by atoms with E-state index in [-0.39, 0.29) is 36.0 Å². The number of hydrogen-bond donors (Lipinski definition) is 2. The van der Waals surface area contributed by atoms with Gasteiger partial charge < -0.3 is 15.7 Å². The first-order chi connectivity index (χ1) is 8.90. The number of non-ortho nitro benzene ring substituents is 1. The molecule has 0 aromatic heterocycles. The molecule has 1 aliphatic heterocycles. The van der Waals surface area contributed by atoms with Gasteiger partial charge in [0, 0.05) is 19.0 Å². The van der Waals surface area contributed by atoms with Crippen LogP contribution in [0.3, 0.4) is 0 Å². The maximum atomic E-state index is 11.7. The van der Waals surface area contributed by atoms with Gasteiger partial charge in [-0.25, -0.2) is 0 Å². The average Bonchev–Trinajstić information content (AvgIpc) is 2.71. The second kappa shape index (κ2) is 4.56. The molecule has 1 aromatic rings. The second-order valence-corrected chi connectivity index (χ2v) is 4.24. The number of nitrogens with zero attached hydrogens (tertiary/aromatic N) is 2. The maximum absolute atomic E-state index is 11.7. The molecule has 0 radical (unpaired) electrons. The lowest BCUT2D eigenvalue weighted by Crippen LogP contribution is -2.28. The number of nitro benzene ring substituents is 1. The minimum Gasteiger partial charge on any atom is -0.505 e. The molecular weight excluding hydrogens is 254 g/mol. The third-order valence-electron chi connectivity index (χ3n) is 2.99. The fourth-order valence-corrected chi connectivity index (χ4v) is 1.98. The largest absolute Gasteiger partial charge is 0.505 e. The van der Waals surface area contributed by atoms with Crippen LogP contribution in [0, 0.1) is 16.0 Å². The number of primary amides is 1. The summed E-state index contributed by atoms with van der Waals surface area (Å²) in [6.07, 6.45) is -0.0221. The predicted octanol–water partition coefficient (Wildman–Crippen LogP) is 0.139. The zero-order valence-electron chi connectivity index (χ0n) is 9.78. The molecule has 2 rings (SSSR count). The number of benzene rings is 1. The van der Waals surface area contributed by atoms with E-state index in [4.69, 9.17) is 5.73 Å². The van der Waals surface area contributed by atoms with Gasteiger partial charge in [-0.3, -0.25) is 19.7 Å². The molecule has 0 spiro atoms. The van der Waals surface area contributed by atoms with E-state index in [0.29, 0.717) is 0 Å². The normalized spacial score (nSPS) is 18.6. The molecule has 1 heterocycles. The van der Waals surface area contributed by atoms with Crippen molar-refractivity contribution in [1.29, 1.82) is 0 Å². The summed E-state index contributed by atoms with van der Waals surface area (Å²) in [6.45, 7) is 0.0690. The van der Waals surface area contributed by atoms with Crippen LogP contribution in [0.5, 0.6) is 5.75 Å². The summed E-state index contributed by atoms with van der Waals surface area (Å²) in [7, 11) is 0. The fraction of sp³-hybridized carbons (Fsp3) is 0.273. The Balaban J connectivity index is 2.30. The molecule has 1 aromatic carbocycles. The van der Waals surface area contributed by atoms with E-state index < -0.39 is 16.7 Å². The number of hydrogen-bond acceptors (Lipinski definition) is 5. The van der Waals surface area contributed by atoms with E-state index in [2.05, 4.69) is 0 Å². The Kier molecular flexibility index (Phi) is 3.07. The maximum Gasteiger partial charge on any atom is 0.273 e. The van der Waals surface area contributed by atoms with Crippen LogP contribution in [-0.2, 0) is 9.59 Å². The number of phenolic OH excluding ortho intramolecular Hbond substituents is 1. The highest BCUT2D eigenvalue weighted by Gasteiger charge is 2.35. The smallest absolute Gasteiger partial charge is 0.273 e. The summed E-state index contributed by atoms with van der Waals surface area (Å²) >= 11 is 0. The first-order valence-corrected chi connectivity index (χ1v) is 5.47. The van der Waals surface area contributed by atoms with Crippen molar-refractivity contribution >= 4 is 23.2 Å². The standard InChI is InChI=1S/C11H11N3O5/c12-11(17)6-3-10(16)13(5-6)8-2-1-7(14(18)19)4-9(8)15/h1-2,4,6,15H,3,5H2,(H2,12,17). The van der Waals surface area contributed by atoms with Crippen LogP contribution in [0.15, 0.2) is 18.2 Å². The van der Waals surface area contributed by atoms with Crippen molar-refractivity contribution in [3.8, 4) is 5.75 Å². The molecule has 3 N–H and O–H groups in total. The van der Waals surface area contributed by atoms with E-state index in [1.807, 2.05) is 0 Å². The van der Waals surface area contributed by atoms with Gasteiger partial charge in [-0.1, -0.05) is 0 Å². The van der Waals surface area contributed by atoms with Crippen molar-refractivity contribution in [2.45, 2.75) is 6.42 Å². The second-order valence-electron chi connectivity index (χ2n) is 4.24. The van der Waals surface area contributed by atoms with Gasteiger partial charge >= 0.3 is 0 Å². The fourth-order valence-electron chi connectivity index (χ4n) is 1.98. The first-order valence-electron chi connectivity index (χ1n) is 5.47. The highest BCUT2D eigenvalue weighted by molar-refractivity contribution is 6.01. The third-order valence-corrected chi connectivity index (χ3v) is 2.99. The summed E-state index contributed by atoms with van der Waals surface area (Å²) in [5, 5.41) is 20.3. The van der Waals surface area contributed by atoms with Crippen LogP contribution in [0.4, 0.5) is 11.4 Å². The van der Waals surface area contributed by atoms with Crippen LogP contribution in [0.25, 0.3) is 0 Å². The summed E-state index contributed by atoms with van der Waals surface area (Å²) in [5.41, 5.74) is 4.99. The van der Waals surface area contributed by atoms with Gasteiger partial charge in [0.2, 0.25) is 11.8 Å². The van der Waals surface area contributed by atoms with Crippen molar-refractivity contribution < 1.29 is 19.6 Å². The molecule has 0 bridgehead atoms. The summed E-state index contributed by atoms with van der Waals surface area (Å²) in [5.74, 6) is -1.93. The molecule has 1 fully saturated rings. The average molecular weight is 265 g/mol. The molecule has 8 nitrogen and oxygen atoms in total. The van der Waals surface area contributed by atoms with Crippen LogP contribution in [-0.4, -0.2) is 28.4 Å². The number of phenols is 1. The molecule has 100 valence electrons. The minimum atomic E-state index is -0.651. The molecule has 1 atom stereocenters. The SMILES string of the molecule is NC(=O)C1CC(=O)N(c2ccc([N+](=O)[O-])cc2O)C1. The highest BCUT2D eigenvalue weighted by atomic mass is 16.6. The number of amides is 2. The van der Waals surface area contributed by atoms with Gasteiger partial charge in [-0.05, 0) is 6.07 Å². The first kappa shape index (κ1) is 12.8. The highest BCUT2D eigenvalue weighted by Crippen LogP contribution is 2.34. The van der Waals surface area contributed by atoms with Gasteiger partial charge in [-0.2, -0.15) is 0 Å². The zero-order valence-corrected chi connectivity index (χ0v) is 9.78. The summed E-state index contributed by atoms with van der Waals surface area (Å²) in [6, 6.07) is 3.41. The summed E-state index contributed by atoms with van der Waals surface area (Å²) in [4.78, 5) is 33.9. The summed E-state index contributed by atoms with van der Waals surface area (Å²) < 4.78 is 0.